The number of hydrogen-bond donors (Lipinski definition) is 2. The highest BCUT2D eigenvalue weighted by atomic mass is 16.5. The molecule has 2 aromatic rings. The van der Waals surface area contributed by atoms with E-state index < -0.39 is 18.1 Å². The van der Waals surface area contributed by atoms with Crippen LogP contribution in [0.2, 0.25) is 0 Å². The van der Waals surface area contributed by atoms with Crippen molar-refractivity contribution in [3.05, 3.63) is 84.0 Å². The van der Waals surface area contributed by atoms with Gasteiger partial charge in [0.25, 0.3) is 0 Å². The number of alkyl carbamates (subject to hydrolysis) is 1. The van der Waals surface area contributed by atoms with E-state index >= 15 is 0 Å². The van der Waals surface area contributed by atoms with Crippen molar-refractivity contribution in [2.45, 2.75) is 31.2 Å². The summed E-state index contributed by atoms with van der Waals surface area (Å²) in [5, 5.41) is 11.8. The Morgan fingerprint density at radius 3 is 2.32 bits per heavy atom. The Bertz CT molecular complexity index is 1090. The van der Waals surface area contributed by atoms with E-state index in [9.17, 15) is 14.4 Å². The van der Waals surface area contributed by atoms with Crippen LogP contribution in [0.4, 0.5) is 4.79 Å². The molecule has 0 aromatic heterocycles. The molecule has 1 aliphatic heterocycles. The first-order valence-electron chi connectivity index (χ1n) is 11.4. The van der Waals surface area contributed by atoms with Gasteiger partial charge in [-0.2, -0.15) is 0 Å². The van der Waals surface area contributed by atoms with Crippen LogP contribution in [0.3, 0.4) is 0 Å². The van der Waals surface area contributed by atoms with E-state index in [1.165, 1.54) is 0 Å². The van der Waals surface area contributed by atoms with Crippen LogP contribution in [0.5, 0.6) is 0 Å². The standard InChI is InChI=1S/C27H28N2O5/c1-2-3-12-24(25(30)29-15-13-18(14-16-29)26(31)32)28-27(33)34-17-23-21-10-6-4-8-19(21)20-9-5-7-11-22(20)23/h2,4-11,13,23-24H,1,3,12,14-17H2,(H,28,33)(H,31,32). The SMILES string of the molecule is C=CCCC(NC(=O)OCC1c2ccccc2-c2ccccc21)C(=O)N1CC=C(C(=O)O)CC1. The van der Waals surface area contributed by atoms with Crippen molar-refractivity contribution in [1.29, 1.82) is 0 Å². The lowest BCUT2D eigenvalue weighted by Gasteiger charge is -2.29. The van der Waals surface area contributed by atoms with E-state index in [2.05, 4.69) is 24.0 Å². The third-order valence-electron chi connectivity index (χ3n) is 6.39. The minimum Gasteiger partial charge on any atom is -0.478 e. The van der Waals surface area contributed by atoms with Gasteiger partial charge in [-0.1, -0.05) is 60.7 Å². The Morgan fingerprint density at radius 1 is 1.12 bits per heavy atom. The number of carboxylic acids is 1. The lowest BCUT2D eigenvalue weighted by molar-refractivity contribution is -0.135. The zero-order chi connectivity index (χ0) is 24.1. The van der Waals surface area contributed by atoms with Crippen LogP contribution in [0.25, 0.3) is 11.1 Å². The summed E-state index contributed by atoms with van der Waals surface area (Å²) in [6.45, 7) is 4.37. The average molecular weight is 461 g/mol. The number of rotatable bonds is 8. The van der Waals surface area contributed by atoms with Crippen molar-refractivity contribution in [2.75, 3.05) is 19.7 Å². The Labute approximate surface area is 198 Å². The minimum absolute atomic E-state index is 0.0675. The van der Waals surface area contributed by atoms with E-state index in [1.807, 2.05) is 36.4 Å². The first kappa shape index (κ1) is 23.3. The molecule has 7 heteroatoms. The van der Waals surface area contributed by atoms with Gasteiger partial charge in [0.05, 0.1) is 0 Å². The van der Waals surface area contributed by atoms with Crippen LogP contribution in [0.1, 0.15) is 36.3 Å². The molecule has 1 unspecified atom stereocenters. The lowest BCUT2D eigenvalue weighted by atomic mass is 9.98. The van der Waals surface area contributed by atoms with Gasteiger partial charge in [0, 0.05) is 24.6 Å². The van der Waals surface area contributed by atoms with E-state index in [0.29, 0.717) is 25.0 Å². The fourth-order valence-electron chi connectivity index (χ4n) is 4.61. The summed E-state index contributed by atoms with van der Waals surface area (Å²) in [4.78, 5) is 38.4. The molecule has 0 fully saturated rings. The van der Waals surface area contributed by atoms with E-state index in [4.69, 9.17) is 9.84 Å². The number of carboxylic acid groups (broad SMARTS) is 1. The molecule has 7 nitrogen and oxygen atoms in total. The fourth-order valence-corrected chi connectivity index (χ4v) is 4.61. The molecular weight excluding hydrogens is 432 g/mol. The molecule has 2 N–H and O–H groups in total. The van der Waals surface area contributed by atoms with Gasteiger partial charge in [-0.05, 0) is 41.5 Å². The maximum atomic E-state index is 13.0. The van der Waals surface area contributed by atoms with Crippen molar-refractivity contribution in [2.24, 2.45) is 0 Å². The molecule has 4 rings (SSSR count). The van der Waals surface area contributed by atoms with Gasteiger partial charge in [-0.15, -0.1) is 6.58 Å². The first-order valence-corrected chi connectivity index (χ1v) is 11.4. The second kappa shape index (κ2) is 10.4. The van der Waals surface area contributed by atoms with Gasteiger partial charge >= 0.3 is 12.1 Å². The smallest absolute Gasteiger partial charge is 0.407 e. The van der Waals surface area contributed by atoms with Crippen molar-refractivity contribution in [3.63, 3.8) is 0 Å². The van der Waals surface area contributed by atoms with Gasteiger partial charge in [-0.25, -0.2) is 9.59 Å². The monoisotopic (exact) mass is 460 g/mol. The van der Waals surface area contributed by atoms with E-state index in [-0.39, 0.29) is 31.4 Å². The topological polar surface area (TPSA) is 95.9 Å². The highest BCUT2D eigenvalue weighted by molar-refractivity contribution is 5.89. The van der Waals surface area contributed by atoms with E-state index in [1.54, 1.807) is 17.1 Å². The first-order chi connectivity index (χ1) is 16.5. The lowest BCUT2D eigenvalue weighted by Crippen LogP contribution is -2.50. The number of nitrogens with one attached hydrogen (secondary N) is 1. The highest BCUT2D eigenvalue weighted by Gasteiger charge is 2.31. The molecule has 0 saturated carbocycles. The third-order valence-corrected chi connectivity index (χ3v) is 6.39. The van der Waals surface area contributed by atoms with Crippen LogP contribution >= 0.6 is 0 Å². The van der Waals surface area contributed by atoms with Crippen molar-refractivity contribution in [1.82, 2.24) is 10.2 Å². The third kappa shape index (κ3) is 4.88. The summed E-state index contributed by atoms with van der Waals surface area (Å²) in [7, 11) is 0. The van der Waals surface area contributed by atoms with Crippen molar-refractivity contribution in [3.8, 4) is 11.1 Å². The van der Waals surface area contributed by atoms with Crippen LogP contribution < -0.4 is 5.32 Å². The molecule has 0 spiro atoms. The molecule has 2 amide bonds. The van der Waals surface area contributed by atoms with E-state index in [0.717, 1.165) is 22.3 Å². The summed E-state index contributed by atoms with van der Waals surface area (Å²) >= 11 is 0. The Kier molecular flexibility index (Phi) is 7.11. The molecule has 176 valence electrons. The van der Waals surface area contributed by atoms with Gasteiger partial charge < -0.3 is 20.1 Å². The molecule has 2 aromatic carbocycles. The Balaban J connectivity index is 1.41. The minimum atomic E-state index is -0.966. The predicted octanol–water partition coefficient (Wildman–Crippen LogP) is 4.10. The highest BCUT2D eigenvalue weighted by Crippen LogP contribution is 2.44. The molecule has 0 saturated heterocycles. The largest absolute Gasteiger partial charge is 0.478 e. The summed E-state index contributed by atoms with van der Waals surface area (Å²) in [5.41, 5.74) is 4.82. The van der Waals surface area contributed by atoms with Crippen LogP contribution in [-0.2, 0) is 14.3 Å². The molecular formula is C27H28N2O5. The second-order valence-electron chi connectivity index (χ2n) is 8.46. The zero-order valence-corrected chi connectivity index (χ0v) is 18.9. The second-order valence-corrected chi connectivity index (χ2v) is 8.46. The van der Waals surface area contributed by atoms with Crippen molar-refractivity contribution < 1.29 is 24.2 Å². The number of allylic oxidation sites excluding steroid dienone is 1. The van der Waals surface area contributed by atoms with Crippen molar-refractivity contribution >= 4 is 18.0 Å². The number of amides is 2. The molecule has 1 heterocycles. The number of carbonyl (C=O) groups excluding carboxylic acids is 2. The van der Waals surface area contributed by atoms with Gasteiger partial charge in [0.1, 0.15) is 12.6 Å². The number of nitrogens with zero attached hydrogens (tertiary/aromatic N) is 1. The van der Waals surface area contributed by atoms with Gasteiger partial charge in [0.2, 0.25) is 5.91 Å². The van der Waals surface area contributed by atoms with Gasteiger partial charge in [-0.3, -0.25) is 4.79 Å². The zero-order valence-electron chi connectivity index (χ0n) is 18.9. The average Bonchev–Trinajstić information content (AvgIpc) is 3.18. The number of hydrogen-bond acceptors (Lipinski definition) is 4. The number of benzene rings is 2. The maximum absolute atomic E-state index is 13.0. The Morgan fingerprint density at radius 2 is 1.76 bits per heavy atom. The molecule has 0 radical (unpaired) electrons. The summed E-state index contributed by atoms with van der Waals surface area (Å²) in [6.07, 6.45) is 3.80. The molecule has 0 bridgehead atoms. The number of aliphatic carboxylic acids is 1. The van der Waals surface area contributed by atoms with Crippen LogP contribution in [-0.4, -0.2) is 53.7 Å². The quantitative estimate of drug-likeness (QED) is 0.578. The van der Waals surface area contributed by atoms with Gasteiger partial charge in [0.15, 0.2) is 0 Å². The summed E-state index contributed by atoms with van der Waals surface area (Å²) in [6, 6.07) is 15.4. The maximum Gasteiger partial charge on any atom is 0.407 e. The molecule has 1 aliphatic carbocycles. The normalized spacial score (nSPS) is 15.5. The molecule has 1 atom stereocenters. The summed E-state index contributed by atoms with van der Waals surface area (Å²) in [5.74, 6) is -1.29. The number of ether oxygens (including phenoxy) is 1. The molecule has 34 heavy (non-hydrogen) atoms. The summed E-state index contributed by atoms with van der Waals surface area (Å²) < 4.78 is 5.60. The predicted molar refractivity (Wildman–Crippen MR) is 128 cm³/mol. The fraction of sp³-hybridized carbons (Fsp3) is 0.296. The van der Waals surface area contributed by atoms with Crippen LogP contribution in [0.15, 0.2) is 72.8 Å². The van der Waals surface area contributed by atoms with Crippen LogP contribution in [0, 0.1) is 0 Å². The number of fused-ring (bicyclic) bond motifs is 3. The molecule has 2 aliphatic rings. The Hall–Kier alpha value is -3.87. The number of carbonyl (C=O) groups is 3.